The summed E-state index contributed by atoms with van der Waals surface area (Å²) in [4.78, 5) is 13.3. The first-order valence-corrected chi connectivity index (χ1v) is 8.12. The molecular weight excluding hydrogens is 293 g/mol. The smallest absolute Gasteiger partial charge is 0.134 e. The standard InChI is InChI=1S/C17H20FN5/c18-13-1-5-15(6-2-13)22-7-9-23(10-8-22)17-11-16(19-12-20-17)21-14-3-4-14/h1-2,5-6,11-12,14H,3-4,7-10H2,(H,19,20,21). The van der Waals surface area contributed by atoms with E-state index in [2.05, 4.69) is 25.1 Å². The van der Waals surface area contributed by atoms with Gasteiger partial charge in [0.05, 0.1) is 0 Å². The van der Waals surface area contributed by atoms with Crippen LogP contribution in [0.4, 0.5) is 21.7 Å². The average Bonchev–Trinajstić information content (AvgIpc) is 3.40. The summed E-state index contributed by atoms with van der Waals surface area (Å²) in [7, 11) is 0. The van der Waals surface area contributed by atoms with Crippen LogP contribution in [0.1, 0.15) is 12.8 Å². The summed E-state index contributed by atoms with van der Waals surface area (Å²) < 4.78 is 13.0. The second kappa shape index (κ2) is 6.02. The highest BCUT2D eigenvalue weighted by molar-refractivity contribution is 5.52. The number of hydrogen-bond acceptors (Lipinski definition) is 5. The number of nitrogens with one attached hydrogen (secondary N) is 1. The Bertz CT molecular complexity index is 663. The highest BCUT2D eigenvalue weighted by Gasteiger charge is 2.22. The van der Waals surface area contributed by atoms with Gasteiger partial charge in [-0.25, -0.2) is 14.4 Å². The summed E-state index contributed by atoms with van der Waals surface area (Å²) in [6.45, 7) is 3.61. The molecule has 1 aromatic heterocycles. The summed E-state index contributed by atoms with van der Waals surface area (Å²) in [6, 6.07) is 9.34. The quantitative estimate of drug-likeness (QED) is 0.939. The lowest BCUT2D eigenvalue weighted by Gasteiger charge is -2.36. The zero-order chi connectivity index (χ0) is 15.6. The van der Waals surface area contributed by atoms with Crippen molar-refractivity contribution >= 4 is 17.3 Å². The molecule has 0 atom stereocenters. The minimum atomic E-state index is -0.191. The third kappa shape index (κ3) is 3.36. The molecule has 6 heteroatoms. The first-order chi connectivity index (χ1) is 11.3. The van der Waals surface area contributed by atoms with Crippen LogP contribution in [0.2, 0.25) is 0 Å². The van der Waals surface area contributed by atoms with Crippen LogP contribution in [0.25, 0.3) is 0 Å². The monoisotopic (exact) mass is 313 g/mol. The number of halogens is 1. The lowest BCUT2D eigenvalue weighted by atomic mass is 10.2. The fraction of sp³-hybridized carbons (Fsp3) is 0.412. The largest absolute Gasteiger partial charge is 0.368 e. The molecule has 1 saturated carbocycles. The van der Waals surface area contributed by atoms with Crippen LogP contribution in [-0.4, -0.2) is 42.2 Å². The van der Waals surface area contributed by atoms with Gasteiger partial charge in [-0.1, -0.05) is 0 Å². The molecule has 1 N–H and O–H groups in total. The molecule has 0 amide bonds. The van der Waals surface area contributed by atoms with Gasteiger partial charge in [-0.15, -0.1) is 0 Å². The van der Waals surface area contributed by atoms with E-state index < -0.39 is 0 Å². The van der Waals surface area contributed by atoms with Crippen LogP contribution in [0, 0.1) is 5.82 Å². The molecule has 2 aliphatic rings. The molecule has 0 spiro atoms. The molecule has 4 rings (SSSR count). The first-order valence-electron chi connectivity index (χ1n) is 8.12. The van der Waals surface area contributed by atoms with Crippen LogP contribution in [0.15, 0.2) is 36.7 Å². The van der Waals surface area contributed by atoms with Gasteiger partial charge in [-0.3, -0.25) is 0 Å². The van der Waals surface area contributed by atoms with Gasteiger partial charge in [0.1, 0.15) is 23.8 Å². The Hall–Kier alpha value is -2.37. The maximum absolute atomic E-state index is 13.0. The van der Waals surface area contributed by atoms with Crippen molar-refractivity contribution < 1.29 is 4.39 Å². The summed E-state index contributed by atoms with van der Waals surface area (Å²) in [5, 5.41) is 3.41. The summed E-state index contributed by atoms with van der Waals surface area (Å²) in [5.41, 5.74) is 1.07. The highest BCUT2D eigenvalue weighted by Crippen LogP contribution is 2.25. The molecule has 1 aliphatic carbocycles. The van der Waals surface area contributed by atoms with E-state index in [1.807, 2.05) is 18.2 Å². The number of anilines is 3. The molecule has 0 unspecified atom stereocenters. The predicted octanol–water partition coefficient (Wildman–Crippen LogP) is 2.52. The van der Waals surface area contributed by atoms with E-state index in [-0.39, 0.29) is 5.82 Å². The van der Waals surface area contributed by atoms with E-state index >= 15 is 0 Å². The molecule has 0 bridgehead atoms. The van der Waals surface area contributed by atoms with E-state index in [1.54, 1.807) is 6.33 Å². The lowest BCUT2D eigenvalue weighted by Crippen LogP contribution is -2.46. The Morgan fingerprint density at radius 3 is 2.35 bits per heavy atom. The van der Waals surface area contributed by atoms with Gasteiger partial charge in [0, 0.05) is 44.0 Å². The molecule has 120 valence electrons. The van der Waals surface area contributed by atoms with Crippen LogP contribution >= 0.6 is 0 Å². The Morgan fingerprint density at radius 1 is 0.957 bits per heavy atom. The Balaban J connectivity index is 1.39. The van der Waals surface area contributed by atoms with E-state index in [0.717, 1.165) is 43.5 Å². The van der Waals surface area contributed by atoms with Crippen LogP contribution in [0.3, 0.4) is 0 Å². The number of piperazine rings is 1. The molecule has 2 aromatic rings. The molecule has 5 nitrogen and oxygen atoms in total. The van der Waals surface area contributed by atoms with Gasteiger partial charge in [0.2, 0.25) is 0 Å². The number of hydrogen-bond donors (Lipinski definition) is 1. The third-order valence-corrected chi connectivity index (χ3v) is 4.38. The third-order valence-electron chi connectivity index (χ3n) is 4.38. The Morgan fingerprint density at radius 2 is 1.65 bits per heavy atom. The number of benzene rings is 1. The van der Waals surface area contributed by atoms with E-state index in [4.69, 9.17) is 0 Å². The van der Waals surface area contributed by atoms with Crippen LogP contribution in [-0.2, 0) is 0 Å². The molecule has 2 fully saturated rings. The molecule has 1 saturated heterocycles. The van der Waals surface area contributed by atoms with Crippen molar-refractivity contribution in [2.45, 2.75) is 18.9 Å². The van der Waals surface area contributed by atoms with Gasteiger partial charge >= 0.3 is 0 Å². The Labute approximate surface area is 135 Å². The number of rotatable bonds is 4. The molecule has 23 heavy (non-hydrogen) atoms. The maximum Gasteiger partial charge on any atom is 0.134 e. The molecular formula is C17H20FN5. The van der Waals surface area contributed by atoms with E-state index in [0.29, 0.717) is 6.04 Å². The van der Waals surface area contributed by atoms with E-state index in [1.165, 1.54) is 25.0 Å². The normalized spacial score (nSPS) is 18.1. The van der Waals surface area contributed by atoms with Crippen molar-refractivity contribution in [3.05, 3.63) is 42.5 Å². The number of nitrogens with zero attached hydrogens (tertiary/aromatic N) is 4. The first kappa shape index (κ1) is 14.2. The predicted molar refractivity (Wildman–Crippen MR) is 89.5 cm³/mol. The summed E-state index contributed by atoms with van der Waals surface area (Å²) in [6.07, 6.45) is 4.09. The summed E-state index contributed by atoms with van der Waals surface area (Å²) >= 11 is 0. The van der Waals surface area contributed by atoms with Gasteiger partial charge in [0.15, 0.2) is 0 Å². The van der Waals surface area contributed by atoms with Crippen molar-refractivity contribution in [2.75, 3.05) is 41.3 Å². The van der Waals surface area contributed by atoms with Crippen LogP contribution < -0.4 is 15.1 Å². The maximum atomic E-state index is 13.0. The van der Waals surface area contributed by atoms with Gasteiger partial charge in [-0.2, -0.15) is 0 Å². The molecule has 0 radical (unpaired) electrons. The van der Waals surface area contributed by atoms with Gasteiger partial charge in [0.25, 0.3) is 0 Å². The zero-order valence-corrected chi connectivity index (χ0v) is 13.0. The minimum Gasteiger partial charge on any atom is -0.368 e. The van der Waals surface area contributed by atoms with Crippen molar-refractivity contribution in [1.29, 1.82) is 0 Å². The molecule has 1 aromatic carbocycles. The second-order valence-corrected chi connectivity index (χ2v) is 6.13. The zero-order valence-electron chi connectivity index (χ0n) is 13.0. The molecule has 2 heterocycles. The second-order valence-electron chi connectivity index (χ2n) is 6.13. The SMILES string of the molecule is Fc1ccc(N2CCN(c3cc(NC4CC4)ncn3)CC2)cc1. The minimum absolute atomic E-state index is 0.191. The van der Waals surface area contributed by atoms with Crippen LogP contribution in [0.5, 0.6) is 0 Å². The van der Waals surface area contributed by atoms with Crippen molar-refractivity contribution in [2.24, 2.45) is 0 Å². The van der Waals surface area contributed by atoms with Gasteiger partial charge < -0.3 is 15.1 Å². The Kier molecular flexibility index (Phi) is 3.73. The van der Waals surface area contributed by atoms with E-state index in [9.17, 15) is 4.39 Å². The number of aromatic nitrogens is 2. The molecule has 1 aliphatic heterocycles. The average molecular weight is 313 g/mol. The van der Waals surface area contributed by atoms with Crippen molar-refractivity contribution in [3.8, 4) is 0 Å². The lowest BCUT2D eigenvalue weighted by molar-refractivity contribution is 0.624. The topological polar surface area (TPSA) is 44.3 Å². The van der Waals surface area contributed by atoms with Crippen molar-refractivity contribution in [1.82, 2.24) is 9.97 Å². The van der Waals surface area contributed by atoms with Gasteiger partial charge in [-0.05, 0) is 37.1 Å². The fourth-order valence-electron chi connectivity index (χ4n) is 2.88. The highest BCUT2D eigenvalue weighted by atomic mass is 19.1. The summed E-state index contributed by atoms with van der Waals surface area (Å²) in [5.74, 6) is 1.70. The van der Waals surface area contributed by atoms with Crippen molar-refractivity contribution in [3.63, 3.8) is 0 Å². The fourth-order valence-corrected chi connectivity index (χ4v) is 2.88.